The van der Waals surface area contributed by atoms with E-state index in [-0.39, 0.29) is 6.71 Å². The van der Waals surface area contributed by atoms with Crippen LogP contribution in [0.1, 0.15) is 0 Å². The third-order valence-corrected chi connectivity index (χ3v) is 10.8. The summed E-state index contributed by atoms with van der Waals surface area (Å²) < 4.78 is 11.5. The summed E-state index contributed by atoms with van der Waals surface area (Å²) in [6, 6.07) is 67.8. The molecule has 52 heavy (non-hydrogen) atoms. The third kappa shape index (κ3) is 4.28. The molecule has 3 heterocycles. The van der Waals surface area contributed by atoms with Gasteiger partial charge in [0.15, 0.2) is 0 Å². The predicted octanol–water partition coefficient (Wildman–Crippen LogP) is 10.2. The number of hydrogen-bond donors (Lipinski definition) is 0. The number of fused-ring (bicyclic) bond motifs is 8. The minimum absolute atomic E-state index is 0.0987. The van der Waals surface area contributed by atoms with E-state index in [0.717, 1.165) is 34.0 Å². The van der Waals surface area contributed by atoms with Crippen molar-refractivity contribution in [2.75, 3.05) is 0 Å². The molecule has 2 aromatic heterocycles. The van der Waals surface area contributed by atoms with E-state index in [1.807, 2.05) is 0 Å². The topological polar surface area (TPSA) is 19.1 Å². The van der Waals surface area contributed by atoms with Gasteiger partial charge in [-0.1, -0.05) is 139 Å². The van der Waals surface area contributed by atoms with Crippen LogP contribution in [0.25, 0.3) is 66.1 Å². The van der Waals surface area contributed by atoms with E-state index in [0.29, 0.717) is 0 Å². The molecule has 0 atom stereocenters. The van der Waals surface area contributed by atoms with Gasteiger partial charge in [-0.25, -0.2) is 0 Å². The van der Waals surface area contributed by atoms with Crippen LogP contribution in [0.5, 0.6) is 11.5 Å². The van der Waals surface area contributed by atoms with E-state index in [1.165, 1.54) is 60.0 Å². The molecule has 0 saturated carbocycles. The Labute approximate surface area is 301 Å². The Bertz CT molecular complexity index is 3000. The van der Waals surface area contributed by atoms with Crippen LogP contribution in [0.15, 0.2) is 188 Å². The van der Waals surface area contributed by atoms with Crippen LogP contribution in [0.4, 0.5) is 0 Å². The summed E-state index contributed by atoms with van der Waals surface area (Å²) in [5.74, 6) is 1.81. The fraction of sp³-hybridized carbons (Fsp3) is 0. The third-order valence-electron chi connectivity index (χ3n) is 10.8. The van der Waals surface area contributed by atoms with Gasteiger partial charge in [0.1, 0.15) is 11.5 Å². The molecule has 0 bridgehead atoms. The quantitative estimate of drug-likeness (QED) is 0.172. The molecule has 4 heteroatoms. The molecular formula is C48H31BN2O. The molecule has 1 aliphatic rings. The summed E-state index contributed by atoms with van der Waals surface area (Å²) >= 11 is 0. The van der Waals surface area contributed by atoms with Gasteiger partial charge in [-0.2, -0.15) is 0 Å². The molecule has 1 aliphatic heterocycles. The minimum Gasteiger partial charge on any atom is -0.458 e. The molecule has 0 aliphatic carbocycles. The van der Waals surface area contributed by atoms with Crippen LogP contribution >= 0.6 is 0 Å². The highest BCUT2D eigenvalue weighted by atomic mass is 16.5. The van der Waals surface area contributed by atoms with Crippen molar-refractivity contribution < 1.29 is 4.74 Å². The minimum atomic E-state index is 0.0987. The van der Waals surface area contributed by atoms with Crippen molar-refractivity contribution >= 4 is 66.7 Å². The van der Waals surface area contributed by atoms with Gasteiger partial charge in [0, 0.05) is 32.8 Å². The lowest BCUT2D eigenvalue weighted by Gasteiger charge is -2.27. The van der Waals surface area contributed by atoms with Crippen molar-refractivity contribution in [2.24, 2.45) is 0 Å². The number of nitrogens with zero attached hydrogens (tertiary/aromatic N) is 2. The SMILES string of the molecule is c1ccc(B2c3ccccc3Oc3cc(-c4ccccc4-n4c5ccccc5c5cc6c7ccccc7n(-c7ccccc7)c6cc54)ccc32)cc1. The molecule has 0 amide bonds. The second-order valence-electron chi connectivity index (χ2n) is 13.7. The Morgan fingerprint density at radius 3 is 1.77 bits per heavy atom. The van der Waals surface area contributed by atoms with Gasteiger partial charge >= 0.3 is 0 Å². The Kier molecular flexibility index (Phi) is 6.35. The highest BCUT2D eigenvalue weighted by Gasteiger charge is 2.32. The van der Waals surface area contributed by atoms with E-state index >= 15 is 0 Å². The van der Waals surface area contributed by atoms with Gasteiger partial charge in [0.25, 0.3) is 6.71 Å². The summed E-state index contributed by atoms with van der Waals surface area (Å²) in [6.07, 6.45) is 0. The molecule has 242 valence electrons. The Morgan fingerprint density at radius 2 is 0.981 bits per heavy atom. The molecule has 0 fully saturated rings. The lowest BCUT2D eigenvalue weighted by atomic mass is 9.36. The standard InChI is InChI=1S/C48H31BN2O/c1-3-15-33(16-4-1)49-40-22-10-14-26-47(40)52-48-29-32(27-28-41(48)49)35-19-7-11-23-42(35)51-44-25-13-9-21-37(44)39-30-38-36-20-8-12-24-43(36)50(45(38)31-46(39)51)34-17-5-2-6-18-34/h1-31H. The van der Waals surface area contributed by atoms with Crippen molar-refractivity contribution in [3.8, 4) is 34.0 Å². The molecule has 8 aromatic carbocycles. The van der Waals surface area contributed by atoms with Gasteiger partial charge in [0.2, 0.25) is 0 Å². The van der Waals surface area contributed by atoms with Crippen molar-refractivity contribution in [3.05, 3.63) is 188 Å². The second kappa shape index (κ2) is 11.4. The van der Waals surface area contributed by atoms with Crippen molar-refractivity contribution in [1.29, 1.82) is 0 Å². The van der Waals surface area contributed by atoms with Crippen LogP contribution in [0.2, 0.25) is 0 Å². The van der Waals surface area contributed by atoms with Crippen molar-refractivity contribution in [2.45, 2.75) is 0 Å². The molecule has 0 saturated heterocycles. The molecule has 0 N–H and O–H groups in total. The summed E-state index contributed by atoms with van der Waals surface area (Å²) in [6.45, 7) is 0.0987. The first kappa shape index (κ1) is 29.0. The molecule has 0 radical (unpaired) electrons. The highest BCUT2D eigenvalue weighted by molar-refractivity contribution is 6.96. The molecule has 11 rings (SSSR count). The average Bonchev–Trinajstić information content (AvgIpc) is 3.71. The summed E-state index contributed by atoms with van der Waals surface area (Å²) in [4.78, 5) is 0. The van der Waals surface area contributed by atoms with Gasteiger partial charge in [0.05, 0.1) is 27.8 Å². The number of benzene rings is 8. The summed E-state index contributed by atoms with van der Waals surface area (Å²) in [5.41, 5.74) is 12.9. The van der Waals surface area contributed by atoms with E-state index in [2.05, 4.69) is 197 Å². The molecule has 10 aromatic rings. The number of para-hydroxylation sites is 5. The number of ether oxygens (including phenoxy) is 1. The van der Waals surface area contributed by atoms with Gasteiger partial charge in [-0.05, 0) is 71.1 Å². The first-order valence-electron chi connectivity index (χ1n) is 17.9. The van der Waals surface area contributed by atoms with E-state index in [9.17, 15) is 0 Å². The Morgan fingerprint density at radius 1 is 0.385 bits per heavy atom. The van der Waals surface area contributed by atoms with Gasteiger partial charge in [-0.15, -0.1) is 0 Å². The molecule has 0 unspecified atom stereocenters. The van der Waals surface area contributed by atoms with Crippen LogP contribution in [-0.2, 0) is 0 Å². The van der Waals surface area contributed by atoms with E-state index in [4.69, 9.17) is 4.74 Å². The van der Waals surface area contributed by atoms with Crippen LogP contribution < -0.4 is 21.1 Å². The lowest BCUT2D eigenvalue weighted by Crippen LogP contribution is -2.54. The first-order chi connectivity index (χ1) is 25.8. The number of hydrogen-bond acceptors (Lipinski definition) is 1. The maximum absolute atomic E-state index is 6.69. The molecule has 0 spiro atoms. The van der Waals surface area contributed by atoms with E-state index in [1.54, 1.807) is 0 Å². The monoisotopic (exact) mass is 662 g/mol. The summed E-state index contributed by atoms with van der Waals surface area (Å²) in [7, 11) is 0. The van der Waals surface area contributed by atoms with Crippen molar-refractivity contribution in [1.82, 2.24) is 9.13 Å². The van der Waals surface area contributed by atoms with Gasteiger partial charge in [-0.3, -0.25) is 0 Å². The van der Waals surface area contributed by atoms with E-state index < -0.39 is 0 Å². The second-order valence-corrected chi connectivity index (χ2v) is 13.7. The Balaban J connectivity index is 1.15. The highest BCUT2D eigenvalue weighted by Crippen LogP contribution is 2.41. The summed E-state index contributed by atoms with van der Waals surface area (Å²) in [5, 5.41) is 4.99. The first-order valence-corrected chi connectivity index (χ1v) is 17.9. The maximum Gasteiger partial charge on any atom is 0.250 e. The number of aromatic nitrogens is 2. The fourth-order valence-corrected chi connectivity index (χ4v) is 8.59. The van der Waals surface area contributed by atoms with Crippen LogP contribution in [0, 0.1) is 0 Å². The van der Waals surface area contributed by atoms with Crippen molar-refractivity contribution in [3.63, 3.8) is 0 Å². The van der Waals surface area contributed by atoms with Gasteiger partial charge < -0.3 is 13.9 Å². The number of rotatable bonds is 4. The largest absolute Gasteiger partial charge is 0.458 e. The zero-order valence-electron chi connectivity index (χ0n) is 28.3. The average molecular weight is 663 g/mol. The smallest absolute Gasteiger partial charge is 0.250 e. The fourth-order valence-electron chi connectivity index (χ4n) is 8.59. The zero-order valence-corrected chi connectivity index (χ0v) is 28.3. The normalized spacial score (nSPS) is 12.3. The van der Waals surface area contributed by atoms with Crippen LogP contribution in [-0.4, -0.2) is 15.8 Å². The maximum atomic E-state index is 6.69. The van der Waals surface area contributed by atoms with Crippen LogP contribution in [0.3, 0.4) is 0 Å². The Hall–Kier alpha value is -6.78. The zero-order chi connectivity index (χ0) is 34.2. The lowest BCUT2D eigenvalue weighted by molar-refractivity contribution is 0.487. The molecule has 3 nitrogen and oxygen atoms in total. The predicted molar refractivity (Wildman–Crippen MR) is 218 cm³/mol. The molecular weight excluding hydrogens is 631 g/mol.